The Morgan fingerprint density at radius 2 is 1.68 bits per heavy atom. The molecule has 0 aliphatic heterocycles. The van der Waals surface area contributed by atoms with E-state index in [4.69, 9.17) is 14.0 Å². The molecule has 0 saturated carbocycles. The average molecular weight is 298 g/mol. The molecule has 0 aliphatic carbocycles. The van der Waals surface area contributed by atoms with Crippen molar-refractivity contribution in [1.29, 1.82) is 0 Å². The summed E-state index contributed by atoms with van der Waals surface area (Å²) in [6, 6.07) is 0. The normalized spacial score (nSPS) is 13.6. The van der Waals surface area contributed by atoms with Gasteiger partial charge >= 0.3 is 10.4 Å². The molecule has 0 saturated heterocycles. The van der Waals surface area contributed by atoms with E-state index in [0.717, 1.165) is 13.0 Å². The zero-order valence-electron chi connectivity index (χ0n) is 11.8. The molecular formula is C12H26O6S. The molecule has 6 nitrogen and oxygen atoms in total. The first kappa shape index (κ1) is 18.8. The third kappa shape index (κ3) is 14.0. The lowest BCUT2D eigenvalue weighted by atomic mass is 10.0. The van der Waals surface area contributed by atoms with Gasteiger partial charge in [0.2, 0.25) is 0 Å². The van der Waals surface area contributed by atoms with Crippen molar-refractivity contribution in [2.24, 2.45) is 5.92 Å². The van der Waals surface area contributed by atoms with Crippen LogP contribution in [0.25, 0.3) is 0 Å². The lowest BCUT2D eigenvalue weighted by molar-refractivity contribution is 0.0225. The Balaban J connectivity index is 3.34. The maximum Gasteiger partial charge on any atom is 0.397 e. The number of ether oxygens (including phenoxy) is 2. The molecule has 1 unspecified atom stereocenters. The molecule has 19 heavy (non-hydrogen) atoms. The Bertz CT molecular complexity index is 291. The van der Waals surface area contributed by atoms with Crippen molar-refractivity contribution in [3.05, 3.63) is 0 Å². The number of hydrogen-bond donors (Lipinski definition) is 1. The molecule has 1 atom stereocenters. The van der Waals surface area contributed by atoms with E-state index in [0.29, 0.717) is 19.1 Å². The smallest absolute Gasteiger partial charge is 0.379 e. The SMILES string of the molecule is CCCCC(CC)COCCOCCOS(=O)(=O)O. The highest BCUT2D eigenvalue weighted by molar-refractivity contribution is 7.80. The van der Waals surface area contributed by atoms with Crippen molar-refractivity contribution >= 4 is 10.4 Å². The maximum atomic E-state index is 10.2. The first-order valence-corrected chi connectivity index (χ1v) is 8.13. The number of rotatable bonds is 13. The van der Waals surface area contributed by atoms with Gasteiger partial charge in [0.25, 0.3) is 0 Å². The van der Waals surface area contributed by atoms with Crippen LogP contribution in [0.4, 0.5) is 0 Å². The van der Waals surface area contributed by atoms with E-state index in [2.05, 4.69) is 18.0 Å². The predicted octanol–water partition coefficient (Wildman–Crippen LogP) is 2.06. The maximum absolute atomic E-state index is 10.2. The van der Waals surface area contributed by atoms with Crippen molar-refractivity contribution in [2.75, 3.05) is 33.0 Å². The highest BCUT2D eigenvalue weighted by Crippen LogP contribution is 2.12. The van der Waals surface area contributed by atoms with E-state index in [1.165, 1.54) is 19.3 Å². The minimum absolute atomic E-state index is 0.107. The van der Waals surface area contributed by atoms with Gasteiger partial charge < -0.3 is 9.47 Å². The van der Waals surface area contributed by atoms with Crippen molar-refractivity contribution in [3.63, 3.8) is 0 Å². The lowest BCUT2D eigenvalue weighted by Crippen LogP contribution is -2.15. The molecule has 0 amide bonds. The number of hydrogen-bond acceptors (Lipinski definition) is 5. The number of unbranched alkanes of at least 4 members (excludes halogenated alkanes) is 1. The monoisotopic (exact) mass is 298 g/mol. The standard InChI is InChI=1S/C12H26O6S/c1-3-5-6-12(4-2)11-17-8-7-16-9-10-18-19(13,14)15/h12H,3-11H2,1-2H3,(H,13,14,15). The predicted molar refractivity (Wildman–Crippen MR) is 72.4 cm³/mol. The van der Waals surface area contributed by atoms with Gasteiger partial charge in [-0.25, -0.2) is 4.18 Å². The van der Waals surface area contributed by atoms with Crippen LogP contribution >= 0.6 is 0 Å². The van der Waals surface area contributed by atoms with E-state index in [9.17, 15) is 8.42 Å². The summed E-state index contributed by atoms with van der Waals surface area (Å²) in [4.78, 5) is 0. The highest BCUT2D eigenvalue weighted by atomic mass is 32.3. The van der Waals surface area contributed by atoms with Gasteiger partial charge in [-0.3, -0.25) is 4.55 Å². The second-order valence-electron chi connectivity index (χ2n) is 4.35. The van der Waals surface area contributed by atoms with Crippen molar-refractivity contribution in [1.82, 2.24) is 0 Å². The van der Waals surface area contributed by atoms with E-state index in [1.807, 2.05) is 0 Å². The Morgan fingerprint density at radius 3 is 2.26 bits per heavy atom. The topological polar surface area (TPSA) is 82.1 Å². The zero-order chi connectivity index (χ0) is 14.6. The fraction of sp³-hybridized carbons (Fsp3) is 1.00. The first-order valence-electron chi connectivity index (χ1n) is 6.76. The minimum atomic E-state index is -4.36. The van der Waals surface area contributed by atoms with E-state index in [1.54, 1.807) is 0 Å². The molecule has 0 rings (SSSR count). The Labute approximate surface area is 116 Å². The molecule has 1 N–H and O–H groups in total. The molecule has 116 valence electrons. The van der Waals surface area contributed by atoms with Gasteiger partial charge in [-0.2, -0.15) is 8.42 Å². The van der Waals surface area contributed by atoms with E-state index < -0.39 is 10.4 Å². The summed E-state index contributed by atoms with van der Waals surface area (Å²) in [7, 11) is -4.36. The average Bonchev–Trinajstić information content (AvgIpc) is 2.35. The molecule has 0 aromatic rings. The van der Waals surface area contributed by atoms with Gasteiger partial charge in [-0.15, -0.1) is 0 Å². The van der Waals surface area contributed by atoms with Crippen molar-refractivity contribution < 1.29 is 26.6 Å². The summed E-state index contributed by atoms with van der Waals surface area (Å²) in [5.41, 5.74) is 0. The van der Waals surface area contributed by atoms with Crippen LogP contribution in [0.1, 0.15) is 39.5 Å². The third-order valence-electron chi connectivity index (χ3n) is 2.73. The van der Waals surface area contributed by atoms with Crippen molar-refractivity contribution in [3.8, 4) is 0 Å². The molecule has 0 spiro atoms. The Kier molecular flexibility index (Phi) is 11.5. The quantitative estimate of drug-likeness (QED) is 0.414. The van der Waals surface area contributed by atoms with Crippen LogP contribution in [0, 0.1) is 5.92 Å². The summed E-state index contributed by atoms with van der Waals surface area (Å²) in [5, 5.41) is 0. The zero-order valence-corrected chi connectivity index (χ0v) is 12.7. The van der Waals surface area contributed by atoms with Gasteiger partial charge in [-0.05, 0) is 12.3 Å². The lowest BCUT2D eigenvalue weighted by Gasteiger charge is -2.14. The largest absolute Gasteiger partial charge is 0.397 e. The second-order valence-corrected chi connectivity index (χ2v) is 5.44. The Hall–Kier alpha value is -0.210. The fourth-order valence-corrected chi connectivity index (χ4v) is 1.84. The van der Waals surface area contributed by atoms with Gasteiger partial charge in [-0.1, -0.05) is 33.1 Å². The van der Waals surface area contributed by atoms with Crippen LogP contribution in [0.2, 0.25) is 0 Å². The fourth-order valence-electron chi connectivity index (χ4n) is 1.57. The minimum Gasteiger partial charge on any atom is -0.379 e. The molecular weight excluding hydrogens is 272 g/mol. The van der Waals surface area contributed by atoms with Crippen LogP contribution in [0.5, 0.6) is 0 Å². The van der Waals surface area contributed by atoms with Crippen LogP contribution in [-0.2, 0) is 24.1 Å². The molecule has 0 bridgehead atoms. The third-order valence-corrected chi connectivity index (χ3v) is 3.19. The van der Waals surface area contributed by atoms with E-state index in [-0.39, 0.29) is 13.2 Å². The van der Waals surface area contributed by atoms with Crippen LogP contribution in [0.15, 0.2) is 0 Å². The summed E-state index contributed by atoms with van der Waals surface area (Å²) >= 11 is 0. The van der Waals surface area contributed by atoms with Gasteiger partial charge in [0, 0.05) is 6.61 Å². The molecule has 0 aliphatic rings. The van der Waals surface area contributed by atoms with Gasteiger partial charge in [0.15, 0.2) is 0 Å². The molecule has 0 radical (unpaired) electrons. The molecule has 0 heterocycles. The summed E-state index contributed by atoms with van der Waals surface area (Å²) in [5.74, 6) is 0.600. The second kappa shape index (κ2) is 11.6. The molecule has 0 fully saturated rings. The van der Waals surface area contributed by atoms with Crippen LogP contribution in [-0.4, -0.2) is 46.0 Å². The highest BCUT2D eigenvalue weighted by Gasteiger charge is 2.06. The summed E-state index contributed by atoms with van der Waals surface area (Å²) in [6.45, 7) is 5.86. The van der Waals surface area contributed by atoms with Crippen molar-refractivity contribution in [2.45, 2.75) is 39.5 Å². The Morgan fingerprint density at radius 1 is 1.05 bits per heavy atom. The first-order chi connectivity index (χ1) is 8.99. The molecule has 0 aromatic heterocycles. The van der Waals surface area contributed by atoms with Gasteiger partial charge in [0.1, 0.15) is 0 Å². The van der Waals surface area contributed by atoms with Crippen LogP contribution in [0.3, 0.4) is 0 Å². The van der Waals surface area contributed by atoms with E-state index >= 15 is 0 Å². The van der Waals surface area contributed by atoms with Gasteiger partial charge in [0.05, 0.1) is 26.4 Å². The molecule has 7 heteroatoms. The summed E-state index contributed by atoms with van der Waals surface area (Å²) < 4.78 is 43.4. The molecule has 0 aromatic carbocycles. The summed E-state index contributed by atoms with van der Waals surface area (Å²) in [6.07, 6.45) is 4.73. The van der Waals surface area contributed by atoms with Crippen LogP contribution < -0.4 is 0 Å².